The monoisotopic (exact) mass is 350 g/mol. The van der Waals surface area contributed by atoms with Gasteiger partial charge in [-0.3, -0.25) is 4.79 Å². The van der Waals surface area contributed by atoms with Crippen LogP contribution >= 0.6 is 0 Å². The Morgan fingerprint density at radius 3 is 2.52 bits per heavy atom. The molecule has 1 aromatic rings. The van der Waals surface area contributed by atoms with E-state index in [-0.39, 0.29) is 18.4 Å². The maximum atomic E-state index is 11.3. The molecule has 0 N–H and O–H groups in total. The molecular formula is C20H30O5. The number of methoxy groups -OCH3 is 2. The van der Waals surface area contributed by atoms with Gasteiger partial charge >= 0.3 is 5.97 Å². The summed E-state index contributed by atoms with van der Waals surface area (Å²) in [6.07, 6.45) is 3.91. The second kappa shape index (κ2) is 8.09. The van der Waals surface area contributed by atoms with Crippen molar-refractivity contribution in [2.75, 3.05) is 21.0 Å². The summed E-state index contributed by atoms with van der Waals surface area (Å²) in [5.41, 5.74) is 4.31. The van der Waals surface area contributed by atoms with E-state index in [1.807, 2.05) is 0 Å². The van der Waals surface area contributed by atoms with Crippen LogP contribution < -0.4 is 9.47 Å². The first-order valence-corrected chi connectivity index (χ1v) is 8.83. The summed E-state index contributed by atoms with van der Waals surface area (Å²) in [6.45, 7) is 8.59. The molecule has 1 atom stereocenters. The molecule has 1 aliphatic heterocycles. The lowest BCUT2D eigenvalue weighted by atomic mass is 9.84. The van der Waals surface area contributed by atoms with Gasteiger partial charge < -0.3 is 18.9 Å². The predicted molar refractivity (Wildman–Crippen MR) is 96.4 cm³/mol. The van der Waals surface area contributed by atoms with Crippen LogP contribution in [0.2, 0.25) is 0 Å². The Morgan fingerprint density at radius 2 is 1.88 bits per heavy atom. The summed E-state index contributed by atoms with van der Waals surface area (Å²) >= 11 is 0. The zero-order chi connectivity index (χ0) is 18.6. The van der Waals surface area contributed by atoms with Crippen LogP contribution in [0.4, 0.5) is 0 Å². The molecule has 0 fully saturated rings. The molecule has 0 spiro atoms. The van der Waals surface area contributed by atoms with Crippen LogP contribution in [0.15, 0.2) is 0 Å². The van der Waals surface area contributed by atoms with Gasteiger partial charge in [0.2, 0.25) is 0 Å². The zero-order valence-electron chi connectivity index (χ0n) is 16.3. The fourth-order valence-electron chi connectivity index (χ4n) is 3.50. The van der Waals surface area contributed by atoms with E-state index < -0.39 is 0 Å². The smallest absolute Gasteiger partial charge is 0.305 e. The molecule has 1 aromatic carbocycles. The Balaban J connectivity index is 2.21. The molecule has 0 aromatic heterocycles. The predicted octanol–water partition coefficient (Wildman–Crippen LogP) is 4.02. The fraction of sp³-hybridized carbons (Fsp3) is 0.650. The molecule has 25 heavy (non-hydrogen) atoms. The number of ether oxygens (including phenoxy) is 4. The topological polar surface area (TPSA) is 54.0 Å². The molecule has 5 heteroatoms. The normalized spacial score (nSPS) is 19.1. The molecule has 1 aliphatic rings. The molecule has 2 rings (SSSR count). The van der Waals surface area contributed by atoms with Crippen LogP contribution in [0, 0.1) is 20.8 Å². The van der Waals surface area contributed by atoms with E-state index in [0.717, 1.165) is 53.9 Å². The van der Waals surface area contributed by atoms with Gasteiger partial charge in [0.05, 0.1) is 7.11 Å². The van der Waals surface area contributed by atoms with E-state index in [1.54, 1.807) is 7.11 Å². The lowest BCUT2D eigenvalue weighted by Crippen LogP contribution is -2.37. The molecule has 0 saturated heterocycles. The minimum Gasteiger partial charge on any atom is -0.487 e. The highest BCUT2D eigenvalue weighted by Gasteiger charge is 2.34. The van der Waals surface area contributed by atoms with Gasteiger partial charge in [0.25, 0.3) is 0 Å². The highest BCUT2D eigenvalue weighted by molar-refractivity contribution is 5.69. The number of carbonyl (C=O) groups excluding carboxylic acids is 1. The maximum Gasteiger partial charge on any atom is 0.305 e. The molecule has 5 nitrogen and oxygen atoms in total. The van der Waals surface area contributed by atoms with Crippen LogP contribution in [0.3, 0.4) is 0 Å². The van der Waals surface area contributed by atoms with Crippen molar-refractivity contribution < 1.29 is 23.7 Å². The van der Waals surface area contributed by atoms with Crippen LogP contribution in [0.25, 0.3) is 0 Å². The third-order valence-corrected chi connectivity index (χ3v) is 5.20. The van der Waals surface area contributed by atoms with Crippen molar-refractivity contribution >= 4 is 5.97 Å². The number of fused-ring (bicyclic) bond motifs is 1. The van der Waals surface area contributed by atoms with Gasteiger partial charge in [-0.05, 0) is 70.1 Å². The van der Waals surface area contributed by atoms with Gasteiger partial charge in [-0.1, -0.05) is 0 Å². The number of rotatable bonds is 7. The summed E-state index contributed by atoms with van der Waals surface area (Å²) in [5, 5.41) is 0. The Hall–Kier alpha value is -1.75. The molecule has 1 heterocycles. The molecule has 0 radical (unpaired) electrons. The standard InChI is InChI=1S/C20H30O5/c1-13-14(2)19-16(15(3)18(13)24-12-22-5)9-11-20(4,25-19)10-7-8-17(21)23-6/h7-12H2,1-6H3. The first-order valence-electron chi connectivity index (χ1n) is 8.83. The Bertz CT molecular complexity index is 638. The van der Waals surface area contributed by atoms with Gasteiger partial charge in [-0.25, -0.2) is 0 Å². The van der Waals surface area contributed by atoms with Gasteiger partial charge in [0.15, 0.2) is 6.79 Å². The third-order valence-electron chi connectivity index (χ3n) is 5.20. The van der Waals surface area contributed by atoms with Gasteiger partial charge in [0, 0.05) is 19.1 Å². The molecule has 0 bridgehead atoms. The summed E-state index contributed by atoms with van der Waals surface area (Å²) in [6, 6.07) is 0. The highest BCUT2D eigenvalue weighted by Crippen LogP contribution is 2.44. The van der Waals surface area contributed by atoms with E-state index in [0.29, 0.717) is 6.42 Å². The summed E-state index contributed by atoms with van der Waals surface area (Å²) < 4.78 is 22.0. The first kappa shape index (κ1) is 19.6. The number of hydrogen-bond donors (Lipinski definition) is 0. The molecule has 140 valence electrons. The van der Waals surface area contributed by atoms with Gasteiger partial charge in [-0.15, -0.1) is 0 Å². The summed E-state index contributed by atoms with van der Waals surface area (Å²) in [5.74, 6) is 1.71. The lowest BCUT2D eigenvalue weighted by molar-refractivity contribution is -0.140. The van der Waals surface area contributed by atoms with E-state index in [1.165, 1.54) is 12.7 Å². The van der Waals surface area contributed by atoms with Crippen molar-refractivity contribution in [3.05, 3.63) is 22.3 Å². The van der Waals surface area contributed by atoms with Crippen molar-refractivity contribution in [2.45, 2.75) is 65.4 Å². The quantitative estimate of drug-likeness (QED) is 0.549. The summed E-state index contributed by atoms with van der Waals surface area (Å²) in [7, 11) is 3.05. The van der Waals surface area contributed by atoms with E-state index in [9.17, 15) is 4.79 Å². The number of carbonyl (C=O) groups is 1. The minimum atomic E-state index is -0.250. The van der Waals surface area contributed by atoms with E-state index in [4.69, 9.17) is 18.9 Å². The van der Waals surface area contributed by atoms with Crippen molar-refractivity contribution in [2.24, 2.45) is 0 Å². The minimum absolute atomic E-state index is 0.164. The first-order chi connectivity index (χ1) is 11.8. The molecule has 0 saturated carbocycles. The van der Waals surface area contributed by atoms with Crippen LogP contribution in [0.1, 0.15) is 54.9 Å². The molecule has 0 aliphatic carbocycles. The number of benzene rings is 1. The second-order valence-corrected chi connectivity index (χ2v) is 7.04. The maximum absolute atomic E-state index is 11.3. The second-order valence-electron chi connectivity index (χ2n) is 7.04. The largest absolute Gasteiger partial charge is 0.487 e. The van der Waals surface area contributed by atoms with Gasteiger partial charge in [-0.2, -0.15) is 0 Å². The average Bonchev–Trinajstić information content (AvgIpc) is 2.59. The third kappa shape index (κ3) is 4.27. The number of esters is 1. The average molecular weight is 350 g/mol. The number of hydrogen-bond acceptors (Lipinski definition) is 5. The Morgan fingerprint density at radius 1 is 1.16 bits per heavy atom. The molecule has 0 amide bonds. The highest BCUT2D eigenvalue weighted by atomic mass is 16.7. The van der Waals surface area contributed by atoms with Crippen molar-refractivity contribution in [1.82, 2.24) is 0 Å². The fourth-order valence-corrected chi connectivity index (χ4v) is 3.50. The van der Waals surface area contributed by atoms with E-state index >= 15 is 0 Å². The van der Waals surface area contributed by atoms with E-state index in [2.05, 4.69) is 27.7 Å². The Labute approximate surface area is 150 Å². The zero-order valence-corrected chi connectivity index (χ0v) is 16.3. The van der Waals surface area contributed by atoms with Crippen molar-refractivity contribution in [1.29, 1.82) is 0 Å². The Kier molecular flexibility index (Phi) is 6.33. The van der Waals surface area contributed by atoms with Crippen molar-refractivity contribution in [3.8, 4) is 11.5 Å². The van der Waals surface area contributed by atoms with Gasteiger partial charge in [0.1, 0.15) is 17.1 Å². The van der Waals surface area contributed by atoms with Crippen LogP contribution in [-0.2, 0) is 20.7 Å². The van der Waals surface area contributed by atoms with Crippen LogP contribution in [0.5, 0.6) is 11.5 Å². The molecular weight excluding hydrogens is 320 g/mol. The summed E-state index contributed by atoms with van der Waals surface area (Å²) in [4.78, 5) is 11.3. The van der Waals surface area contributed by atoms with Crippen molar-refractivity contribution in [3.63, 3.8) is 0 Å². The molecule has 1 unspecified atom stereocenters. The van der Waals surface area contributed by atoms with Crippen LogP contribution in [-0.4, -0.2) is 32.6 Å². The SMILES string of the molecule is COCOc1c(C)c(C)c2c(c1C)CCC(C)(CCCC(=O)OC)O2. The lowest BCUT2D eigenvalue weighted by Gasteiger charge is -2.38.